The summed E-state index contributed by atoms with van der Waals surface area (Å²) >= 11 is 13.2. The maximum absolute atomic E-state index is 13.1. The molecule has 0 radical (unpaired) electrons. The number of ether oxygens (including phenoxy) is 2. The summed E-state index contributed by atoms with van der Waals surface area (Å²) < 4.78 is 13.2. The second-order valence-electron chi connectivity index (χ2n) is 7.47. The summed E-state index contributed by atoms with van der Waals surface area (Å²) in [6, 6.07) is 8.74. The molecule has 1 atom stereocenters. The number of rotatable bonds is 7. The highest BCUT2D eigenvalue weighted by atomic mass is 79.9. The second kappa shape index (κ2) is 10.8. The van der Waals surface area contributed by atoms with E-state index in [-0.39, 0.29) is 23.1 Å². The predicted molar refractivity (Wildman–Crippen MR) is 137 cm³/mol. The predicted octanol–water partition coefficient (Wildman–Crippen LogP) is 5.91. The molecule has 0 bridgehead atoms. The Morgan fingerprint density at radius 3 is 2.61 bits per heavy atom. The third kappa shape index (κ3) is 5.83. The van der Waals surface area contributed by atoms with Crippen LogP contribution in [0.5, 0.6) is 5.75 Å². The number of hydrogen-bond donors (Lipinski definition) is 0. The molecule has 0 N–H and O–H groups in total. The van der Waals surface area contributed by atoms with Gasteiger partial charge in [-0.05, 0) is 65.7 Å². The zero-order chi connectivity index (χ0) is 24.3. The van der Waals surface area contributed by atoms with Crippen molar-refractivity contribution in [3.8, 4) is 5.75 Å². The van der Waals surface area contributed by atoms with Crippen LogP contribution >= 0.6 is 43.5 Å². The number of fused-ring (bicyclic) bond motifs is 1. The molecule has 0 unspecified atom stereocenters. The summed E-state index contributed by atoms with van der Waals surface area (Å²) in [4.78, 5) is 29.6. The molecule has 1 heterocycles. The quantitative estimate of drug-likeness (QED) is 0.249. The Hall–Kier alpha value is -2.23. The number of benzene rings is 2. The average molecular weight is 600 g/mol. The van der Waals surface area contributed by atoms with Gasteiger partial charge in [0.25, 0.3) is 5.56 Å². The first-order valence-electron chi connectivity index (χ1n) is 10.2. The molecule has 174 valence electrons. The fourth-order valence-electron chi connectivity index (χ4n) is 3.03. The third-order valence-electron chi connectivity index (χ3n) is 4.61. The summed E-state index contributed by atoms with van der Waals surface area (Å²) in [5.74, 6) is 0.339. The van der Waals surface area contributed by atoms with Crippen molar-refractivity contribution in [3.63, 3.8) is 0 Å². The number of aromatic nitrogens is 2. The molecule has 0 saturated heterocycles. The van der Waals surface area contributed by atoms with Crippen LogP contribution in [-0.4, -0.2) is 34.6 Å². The minimum Gasteiger partial charge on any atom is -0.476 e. The lowest BCUT2D eigenvalue weighted by molar-refractivity contribution is -0.150. The van der Waals surface area contributed by atoms with Gasteiger partial charge in [0.15, 0.2) is 11.9 Å². The van der Waals surface area contributed by atoms with E-state index in [0.29, 0.717) is 32.5 Å². The highest BCUT2D eigenvalue weighted by Crippen LogP contribution is 2.35. The minimum atomic E-state index is -0.826. The highest BCUT2D eigenvalue weighted by molar-refractivity contribution is 9.10. The van der Waals surface area contributed by atoms with E-state index in [1.807, 2.05) is 19.9 Å². The van der Waals surface area contributed by atoms with E-state index in [1.165, 1.54) is 10.9 Å². The van der Waals surface area contributed by atoms with Crippen LogP contribution in [0.15, 0.2) is 49.2 Å². The average Bonchev–Trinajstić information content (AvgIpc) is 2.75. The summed E-state index contributed by atoms with van der Waals surface area (Å²) in [7, 11) is 0. The summed E-state index contributed by atoms with van der Waals surface area (Å²) in [6.45, 7) is 7.46. The monoisotopic (exact) mass is 597 g/mol. The molecule has 0 aliphatic rings. The zero-order valence-corrected chi connectivity index (χ0v) is 22.4. The van der Waals surface area contributed by atoms with Crippen molar-refractivity contribution in [2.24, 2.45) is 5.10 Å². The van der Waals surface area contributed by atoms with E-state index < -0.39 is 12.1 Å². The van der Waals surface area contributed by atoms with E-state index in [2.05, 4.69) is 41.9 Å². The molecule has 0 saturated carbocycles. The molecule has 3 aromatic rings. The van der Waals surface area contributed by atoms with Gasteiger partial charge in [0.2, 0.25) is 0 Å². The van der Waals surface area contributed by atoms with Gasteiger partial charge in [-0.3, -0.25) is 4.79 Å². The molecule has 0 amide bonds. The molecule has 2 aromatic carbocycles. The summed E-state index contributed by atoms with van der Waals surface area (Å²) in [5.41, 5.74) is 0.968. The number of nitrogens with zero attached hydrogens (tertiary/aromatic N) is 3. The number of hydrogen-bond acceptors (Lipinski definition) is 6. The molecular weight excluding hydrogens is 578 g/mol. The van der Waals surface area contributed by atoms with Gasteiger partial charge in [0.1, 0.15) is 5.82 Å². The maximum atomic E-state index is 13.1. The van der Waals surface area contributed by atoms with Crippen LogP contribution in [0.3, 0.4) is 0 Å². The SMILES string of the molecule is CCOC(=O)[C@H](C)Oc1c(Cl)cc(C=Nn2c(C(C)C)nc3ccc(Br)cc3c2=O)cc1Br. The van der Waals surface area contributed by atoms with Gasteiger partial charge < -0.3 is 9.47 Å². The van der Waals surface area contributed by atoms with Crippen LogP contribution in [0.2, 0.25) is 5.02 Å². The van der Waals surface area contributed by atoms with Gasteiger partial charge >= 0.3 is 5.97 Å². The van der Waals surface area contributed by atoms with Crippen LogP contribution in [0.1, 0.15) is 45.0 Å². The summed E-state index contributed by atoms with van der Waals surface area (Å²) in [5, 5.41) is 5.15. The van der Waals surface area contributed by atoms with Crippen LogP contribution in [0, 0.1) is 0 Å². The number of esters is 1. The third-order valence-corrected chi connectivity index (χ3v) is 5.97. The minimum absolute atomic E-state index is 0.0293. The van der Waals surface area contributed by atoms with E-state index in [0.717, 1.165) is 4.47 Å². The Labute approximate surface area is 213 Å². The lowest BCUT2D eigenvalue weighted by atomic mass is 10.2. The molecular formula is C23H22Br2ClN3O4. The van der Waals surface area contributed by atoms with Gasteiger partial charge in [-0.2, -0.15) is 9.78 Å². The van der Waals surface area contributed by atoms with E-state index in [1.54, 1.807) is 38.1 Å². The highest BCUT2D eigenvalue weighted by Gasteiger charge is 2.19. The number of carbonyl (C=O) groups is 1. The molecule has 7 nitrogen and oxygen atoms in total. The first-order valence-corrected chi connectivity index (χ1v) is 12.2. The van der Waals surface area contributed by atoms with Gasteiger partial charge in [0, 0.05) is 10.4 Å². The van der Waals surface area contributed by atoms with Crippen LogP contribution < -0.4 is 10.3 Å². The first-order chi connectivity index (χ1) is 15.6. The molecule has 0 fully saturated rings. The standard InChI is InChI=1S/C23H22Br2ClN3O4/c1-5-32-23(31)13(4)33-20-17(25)8-14(9-18(20)26)11-27-29-21(12(2)3)28-19-7-6-15(24)10-16(19)22(29)30/h6-13H,5H2,1-4H3/t13-/m0/s1. The zero-order valence-electron chi connectivity index (χ0n) is 18.4. The molecule has 10 heteroatoms. The Kier molecular flexibility index (Phi) is 8.31. The van der Waals surface area contributed by atoms with E-state index in [9.17, 15) is 9.59 Å². The van der Waals surface area contributed by atoms with Gasteiger partial charge in [-0.25, -0.2) is 9.78 Å². The van der Waals surface area contributed by atoms with Crippen LogP contribution in [-0.2, 0) is 9.53 Å². The van der Waals surface area contributed by atoms with Crippen molar-refractivity contribution >= 4 is 66.5 Å². The van der Waals surface area contributed by atoms with Crippen molar-refractivity contribution in [3.05, 3.63) is 66.0 Å². The largest absolute Gasteiger partial charge is 0.476 e. The Balaban J connectivity index is 1.98. The van der Waals surface area contributed by atoms with Crippen molar-refractivity contribution in [2.45, 2.75) is 39.7 Å². The topological polar surface area (TPSA) is 82.8 Å². The van der Waals surface area contributed by atoms with Crippen molar-refractivity contribution < 1.29 is 14.3 Å². The van der Waals surface area contributed by atoms with Gasteiger partial charge in [-0.1, -0.05) is 41.4 Å². The molecule has 0 aliphatic heterocycles. The molecule has 1 aromatic heterocycles. The molecule has 0 aliphatic carbocycles. The molecule has 0 spiro atoms. The Morgan fingerprint density at radius 2 is 1.97 bits per heavy atom. The van der Waals surface area contributed by atoms with Crippen molar-refractivity contribution in [2.75, 3.05) is 6.61 Å². The first kappa shape index (κ1) is 25.4. The smallest absolute Gasteiger partial charge is 0.347 e. The summed E-state index contributed by atoms with van der Waals surface area (Å²) in [6.07, 6.45) is 0.696. The van der Waals surface area contributed by atoms with Crippen molar-refractivity contribution in [1.29, 1.82) is 0 Å². The van der Waals surface area contributed by atoms with Gasteiger partial charge in [0.05, 0.1) is 33.2 Å². The van der Waals surface area contributed by atoms with E-state index >= 15 is 0 Å². The lowest BCUT2D eigenvalue weighted by Gasteiger charge is -2.16. The number of carbonyl (C=O) groups excluding carboxylic acids is 1. The Morgan fingerprint density at radius 1 is 1.24 bits per heavy atom. The fraction of sp³-hybridized carbons (Fsp3) is 0.304. The van der Waals surface area contributed by atoms with Crippen LogP contribution in [0.4, 0.5) is 0 Å². The normalized spacial score (nSPS) is 12.5. The Bertz CT molecular complexity index is 1270. The lowest BCUT2D eigenvalue weighted by Crippen LogP contribution is -2.26. The number of halogens is 3. The maximum Gasteiger partial charge on any atom is 0.347 e. The van der Waals surface area contributed by atoms with Gasteiger partial charge in [-0.15, -0.1) is 0 Å². The molecule has 3 rings (SSSR count). The van der Waals surface area contributed by atoms with E-state index in [4.69, 9.17) is 21.1 Å². The van der Waals surface area contributed by atoms with Crippen LogP contribution in [0.25, 0.3) is 10.9 Å². The van der Waals surface area contributed by atoms with Crippen molar-refractivity contribution in [1.82, 2.24) is 9.66 Å². The molecule has 33 heavy (non-hydrogen) atoms. The second-order valence-corrected chi connectivity index (χ2v) is 9.65. The fourth-order valence-corrected chi connectivity index (χ4v) is 4.35.